The molecule has 0 amide bonds. The lowest BCUT2D eigenvalue weighted by Gasteiger charge is -2.41. The zero-order valence-electron chi connectivity index (χ0n) is 15.0. The van der Waals surface area contributed by atoms with Crippen LogP contribution in [-0.4, -0.2) is 37.3 Å². The van der Waals surface area contributed by atoms with Crippen molar-refractivity contribution in [1.82, 2.24) is 24.7 Å². The van der Waals surface area contributed by atoms with Crippen LogP contribution in [0.3, 0.4) is 0 Å². The standard InChI is InChI=1S/C19H23N7/c1-2-15-18-23-21-13-25(18)16-12-20-19(24-10-6-3-7-11-24)22-17(16)26(15)14-8-4-5-9-14/h3,6-7,10,12-15H,2,4-5,8-9,11H2,1H3/t15-/m1/s1. The van der Waals surface area contributed by atoms with Crippen molar-refractivity contribution < 1.29 is 0 Å². The molecule has 0 radical (unpaired) electrons. The van der Waals surface area contributed by atoms with Crippen LogP contribution in [0, 0.1) is 0 Å². The van der Waals surface area contributed by atoms with Gasteiger partial charge < -0.3 is 9.80 Å². The van der Waals surface area contributed by atoms with E-state index in [1.165, 1.54) is 25.7 Å². The summed E-state index contributed by atoms with van der Waals surface area (Å²) in [7, 11) is 0. The van der Waals surface area contributed by atoms with Crippen molar-refractivity contribution in [3.8, 4) is 5.69 Å². The highest BCUT2D eigenvalue weighted by Crippen LogP contribution is 2.42. The SMILES string of the molecule is CC[C@@H]1c2nncn2-c2cnc(N3C=CC=CC3)nc2N1C1CCCC1. The molecule has 2 aromatic rings. The zero-order valence-corrected chi connectivity index (χ0v) is 15.0. The summed E-state index contributed by atoms with van der Waals surface area (Å²) in [5.41, 5.74) is 0.988. The molecule has 7 heteroatoms. The molecule has 2 aliphatic heterocycles. The number of nitrogens with zero attached hydrogens (tertiary/aromatic N) is 7. The number of allylic oxidation sites excluding steroid dienone is 2. The Morgan fingerprint density at radius 1 is 1.19 bits per heavy atom. The lowest BCUT2D eigenvalue weighted by atomic mass is 10.0. The largest absolute Gasteiger partial charge is 0.341 e. The highest BCUT2D eigenvalue weighted by molar-refractivity contribution is 5.64. The van der Waals surface area contributed by atoms with Crippen LogP contribution in [0.1, 0.15) is 50.9 Å². The Labute approximate surface area is 153 Å². The summed E-state index contributed by atoms with van der Waals surface area (Å²) in [5, 5.41) is 8.60. The van der Waals surface area contributed by atoms with Crippen LogP contribution < -0.4 is 9.80 Å². The summed E-state index contributed by atoms with van der Waals surface area (Å²) in [4.78, 5) is 14.2. The number of aromatic nitrogens is 5. The molecular formula is C19H23N7. The van der Waals surface area contributed by atoms with Crippen molar-refractivity contribution in [2.75, 3.05) is 16.3 Å². The van der Waals surface area contributed by atoms with Gasteiger partial charge in [-0.05, 0) is 25.3 Å². The van der Waals surface area contributed by atoms with Crippen LogP contribution in [-0.2, 0) is 0 Å². The average Bonchev–Trinajstić information content (AvgIpc) is 3.39. The smallest absolute Gasteiger partial charge is 0.231 e. The van der Waals surface area contributed by atoms with Gasteiger partial charge in [0.15, 0.2) is 11.6 Å². The van der Waals surface area contributed by atoms with Crippen LogP contribution in [0.2, 0.25) is 0 Å². The third-order valence-corrected chi connectivity index (χ3v) is 5.63. The van der Waals surface area contributed by atoms with Gasteiger partial charge in [-0.1, -0.05) is 31.9 Å². The molecule has 1 atom stereocenters. The molecule has 0 N–H and O–H groups in total. The maximum absolute atomic E-state index is 5.02. The number of fused-ring (bicyclic) bond motifs is 3. The van der Waals surface area contributed by atoms with Gasteiger partial charge in [0.2, 0.25) is 5.95 Å². The van der Waals surface area contributed by atoms with Gasteiger partial charge >= 0.3 is 0 Å². The molecule has 3 aliphatic rings. The van der Waals surface area contributed by atoms with Crippen LogP contribution >= 0.6 is 0 Å². The van der Waals surface area contributed by atoms with Crippen LogP contribution in [0.15, 0.2) is 37.0 Å². The van der Waals surface area contributed by atoms with Crippen molar-refractivity contribution in [2.24, 2.45) is 0 Å². The monoisotopic (exact) mass is 349 g/mol. The summed E-state index contributed by atoms with van der Waals surface area (Å²) in [5.74, 6) is 2.77. The summed E-state index contributed by atoms with van der Waals surface area (Å²) < 4.78 is 2.06. The normalized spacial score (nSPS) is 22.0. The van der Waals surface area contributed by atoms with E-state index in [2.05, 4.69) is 48.6 Å². The predicted octanol–water partition coefficient (Wildman–Crippen LogP) is 3.16. The number of anilines is 2. The highest BCUT2D eigenvalue weighted by Gasteiger charge is 2.38. The van der Waals surface area contributed by atoms with E-state index in [1.54, 1.807) is 6.33 Å². The Morgan fingerprint density at radius 2 is 2.08 bits per heavy atom. The van der Waals surface area contributed by atoms with Crippen molar-refractivity contribution >= 4 is 11.8 Å². The van der Waals surface area contributed by atoms with Gasteiger partial charge in [-0.2, -0.15) is 4.98 Å². The van der Waals surface area contributed by atoms with Crippen molar-refractivity contribution in [2.45, 2.75) is 51.1 Å². The minimum absolute atomic E-state index is 0.215. The quantitative estimate of drug-likeness (QED) is 0.848. The Hall–Kier alpha value is -2.70. The molecule has 1 saturated carbocycles. The first-order chi connectivity index (χ1) is 12.9. The van der Waals surface area contributed by atoms with Gasteiger partial charge in [0.25, 0.3) is 0 Å². The van der Waals surface area contributed by atoms with E-state index in [1.807, 2.05) is 18.5 Å². The van der Waals surface area contributed by atoms with Gasteiger partial charge in [-0.3, -0.25) is 4.57 Å². The second-order valence-corrected chi connectivity index (χ2v) is 7.13. The minimum Gasteiger partial charge on any atom is -0.341 e. The maximum Gasteiger partial charge on any atom is 0.231 e. The second kappa shape index (κ2) is 6.23. The Morgan fingerprint density at radius 3 is 2.85 bits per heavy atom. The van der Waals surface area contributed by atoms with Crippen molar-refractivity contribution in [3.05, 3.63) is 42.8 Å². The second-order valence-electron chi connectivity index (χ2n) is 7.13. The van der Waals surface area contributed by atoms with Crippen LogP contribution in [0.25, 0.3) is 5.69 Å². The van der Waals surface area contributed by atoms with E-state index in [4.69, 9.17) is 4.98 Å². The Bertz CT molecular complexity index is 863. The van der Waals surface area contributed by atoms with E-state index in [-0.39, 0.29) is 6.04 Å². The molecular weight excluding hydrogens is 326 g/mol. The molecule has 1 aliphatic carbocycles. The fourth-order valence-corrected chi connectivity index (χ4v) is 4.39. The summed E-state index contributed by atoms with van der Waals surface area (Å²) in [6.07, 6.45) is 17.9. The first kappa shape index (κ1) is 15.5. The molecule has 0 bridgehead atoms. The molecule has 7 nitrogen and oxygen atoms in total. The number of rotatable bonds is 3. The van der Waals surface area contributed by atoms with Gasteiger partial charge in [-0.15, -0.1) is 10.2 Å². The van der Waals surface area contributed by atoms with E-state index in [0.29, 0.717) is 6.04 Å². The summed E-state index contributed by atoms with van der Waals surface area (Å²) in [6.45, 7) is 3.02. The molecule has 1 fully saturated rings. The molecule has 0 aromatic carbocycles. The van der Waals surface area contributed by atoms with Crippen LogP contribution in [0.4, 0.5) is 11.8 Å². The number of hydrogen-bond acceptors (Lipinski definition) is 6. The first-order valence-electron chi connectivity index (χ1n) is 9.52. The highest BCUT2D eigenvalue weighted by atomic mass is 15.4. The first-order valence-corrected chi connectivity index (χ1v) is 9.52. The predicted molar refractivity (Wildman–Crippen MR) is 100 cm³/mol. The lowest BCUT2D eigenvalue weighted by molar-refractivity contribution is 0.468. The third-order valence-electron chi connectivity index (χ3n) is 5.63. The van der Waals surface area contributed by atoms with Gasteiger partial charge in [0, 0.05) is 18.8 Å². The van der Waals surface area contributed by atoms with Gasteiger partial charge in [0.1, 0.15) is 12.0 Å². The van der Waals surface area contributed by atoms with Gasteiger partial charge in [-0.25, -0.2) is 4.98 Å². The Kier molecular flexibility index (Phi) is 3.72. The fourth-order valence-electron chi connectivity index (χ4n) is 4.39. The van der Waals surface area contributed by atoms with Crippen molar-refractivity contribution in [3.63, 3.8) is 0 Å². The van der Waals surface area contributed by atoms with Gasteiger partial charge in [0.05, 0.1) is 12.2 Å². The van der Waals surface area contributed by atoms with E-state index in [0.717, 1.165) is 36.2 Å². The van der Waals surface area contributed by atoms with E-state index in [9.17, 15) is 0 Å². The topological polar surface area (TPSA) is 63.0 Å². The molecule has 4 heterocycles. The van der Waals surface area contributed by atoms with Crippen LogP contribution in [0.5, 0.6) is 0 Å². The molecule has 26 heavy (non-hydrogen) atoms. The molecule has 0 spiro atoms. The summed E-state index contributed by atoms with van der Waals surface area (Å²) in [6, 6.07) is 0.733. The lowest BCUT2D eigenvalue weighted by Crippen LogP contribution is -2.42. The van der Waals surface area contributed by atoms with E-state index >= 15 is 0 Å². The van der Waals surface area contributed by atoms with E-state index < -0.39 is 0 Å². The average molecular weight is 349 g/mol. The third kappa shape index (κ3) is 2.34. The molecule has 2 aromatic heterocycles. The fraction of sp³-hybridized carbons (Fsp3) is 0.474. The molecule has 0 unspecified atom stereocenters. The molecule has 0 saturated heterocycles. The minimum atomic E-state index is 0.215. The molecule has 134 valence electrons. The Balaban J connectivity index is 1.64. The zero-order chi connectivity index (χ0) is 17.5. The summed E-state index contributed by atoms with van der Waals surface area (Å²) >= 11 is 0. The molecule has 5 rings (SSSR count). The number of hydrogen-bond donors (Lipinski definition) is 0. The maximum atomic E-state index is 5.02. The van der Waals surface area contributed by atoms with Crippen molar-refractivity contribution in [1.29, 1.82) is 0 Å².